The summed E-state index contributed by atoms with van der Waals surface area (Å²) < 4.78 is 22.6. The number of sulfonamides is 1. The van der Waals surface area contributed by atoms with Crippen molar-refractivity contribution >= 4 is 21.8 Å². The molecule has 3 rings (SSSR count). The van der Waals surface area contributed by atoms with Crippen LogP contribution in [0.4, 0.5) is 0 Å². The molecule has 0 saturated carbocycles. The monoisotopic (exact) mass is 401 g/mol. The molecule has 1 aliphatic heterocycles. The fraction of sp³-hybridized carbons (Fsp3) is 0.300. The quantitative estimate of drug-likeness (QED) is 0.758. The van der Waals surface area contributed by atoms with Gasteiger partial charge in [-0.3, -0.25) is 9.59 Å². The summed E-state index contributed by atoms with van der Waals surface area (Å²) in [6.07, 6.45) is 0.730. The average Bonchev–Trinajstić information content (AvgIpc) is 2.97. The van der Waals surface area contributed by atoms with Gasteiger partial charge in [-0.1, -0.05) is 42.5 Å². The van der Waals surface area contributed by atoms with Gasteiger partial charge in [0.2, 0.25) is 21.8 Å². The third kappa shape index (κ3) is 4.40. The van der Waals surface area contributed by atoms with E-state index in [1.807, 2.05) is 30.3 Å². The second-order valence-electron chi connectivity index (χ2n) is 6.90. The molecule has 2 aromatic carbocycles. The van der Waals surface area contributed by atoms with E-state index in [-0.39, 0.29) is 29.2 Å². The van der Waals surface area contributed by atoms with Gasteiger partial charge in [0, 0.05) is 20.0 Å². The van der Waals surface area contributed by atoms with Gasteiger partial charge < -0.3 is 10.2 Å². The number of hydrogen-bond donors (Lipinski definition) is 2. The molecule has 0 bridgehead atoms. The summed E-state index contributed by atoms with van der Waals surface area (Å²) in [6, 6.07) is 15.5. The Balaban J connectivity index is 1.61. The lowest BCUT2D eigenvalue weighted by atomic mass is 9.93. The smallest absolute Gasteiger partial charge is 0.238 e. The maximum atomic E-state index is 12.7. The number of nitrogens with two attached hydrogens (primary N) is 1. The number of carbonyl (C=O) groups is 2. The van der Waals surface area contributed by atoms with Crippen LogP contribution in [-0.2, 0) is 26.0 Å². The highest BCUT2D eigenvalue weighted by Gasteiger charge is 2.42. The summed E-state index contributed by atoms with van der Waals surface area (Å²) in [5.74, 6) is -0.648. The predicted octanol–water partition coefficient (Wildman–Crippen LogP) is 1.21. The minimum atomic E-state index is -3.71. The molecule has 0 aromatic heterocycles. The van der Waals surface area contributed by atoms with E-state index in [4.69, 9.17) is 5.14 Å². The van der Waals surface area contributed by atoms with Crippen LogP contribution >= 0.6 is 0 Å². The maximum absolute atomic E-state index is 12.7. The maximum Gasteiger partial charge on any atom is 0.238 e. The number of likely N-dealkylation sites (tertiary alicyclic amines) is 1. The first-order chi connectivity index (χ1) is 13.3. The van der Waals surface area contributed by atoms with Crippen molar-refractivity contribution in [2.24, 2.45) is 11.1 Å². The van der Waals surface area contributed by atoms with Crippen LogP contribution in [0.5, 0.6) is 0 Å². The van der Waals surface area contributed by atoms with Crippen LogP contribution in [0, 0.1) is 5.92 Å². The second-order valence-corrected chi connectivity index (χ2v) is 8.46. The van der Waals surface area contributed by atoms with E-state index in [1.165, 1.54) is 12.1 Å². The molecule has 1 aliphatic rings. The summed E-state index contributed by atoms with van der Waals surface area (Å²) in [5, 5.41) is 7.98. The molecule has 0 unspecified atom stereocenters. The predicted molar refractivity (Wildman–Crippen MR) is 105 cm³/mol. The normalized spacial score (nSPS) is 19.6. The molecular formula is C20H23N3O4S. The molecule has 7 nitrogen and oxygen atoms in total. The van der Waals surface area contributed by atoms with Crippen LogP contribution in [-0.4, -0.2) is 38.7 Å². The van der Waals surface area contributed by atoms with E-state index in [9.17, 15) is 18.0 Å². The number of rotatable bonds is 6. The fourth-order valence-electron chi connectivity index (χ4n) is 3.52. The second kappa shape index (κ2) is 8.12. The zero-order valence-corrected chi connectivity index (χ0v) is 16.4. The minimum Gasteiger partial charge on any atom is -0.355 e. The molecule has 148 valence electrons. The summed E-state index contributed by atoms with van der Waals surface area (Å²) in [6.45, 7) is 0.392. The van der Waals surface area contributed by atoms with Crippen molar-refractivity contribution in [2.45, 2.75) is 23.8 Å². The number of amides is 2. The summed E-state index contributed by atoms with van der Waals surface area (Å²) in [4.78, 5) is 26.6. The van der Waals surface area contributed by atoms with Crippen LogP contribution in [0.25, 0.3) is 0 Å². The molecule has 8 heteroatoms. The molecule has 28 heavy (non-hydrogen) atoms. The van der Waals surface area contributed by atoms with E-state index in [2.05, 4.69) is 5.32 Å². The first-order valence-electron chi connectivity index (χ1n) is 8.97. The molecule has 1 heterocycles. The Hall–Kier alpha value is -2.71. The lowest BCUT2D eigenvalue weighted by Crippen LogP contribution is -2.35. The van der Waals surface area contributed by atoms with Gasteiger partial charge in [0.15, 0.2) is 0 Å². The molecule has 1 fully saturated rings. The number of primary sulfonamides is 1. The zero-order chi connectivity index (χ0) is 20.3. The van der Waals surface area contributed by atoms with Gasteiger partial charge in [-0.05, 0) is 29.7 Å². The van der Waals surface area contributed by atoms with Crippen LogP contribution in [0.2, 0.25) is 0 Å². The Bertz CT molecular complexity index is 959. The van der Waals surface area contributed by atoms with Crippen molar-refractivity contribution in [2.75, 3.05) is 13.6 Å². The lowest BCUT2D eigenvalue weighted by Gasteiger charge is -2.25. The number of carbonyl (C=O) groups excluding carboxylic acids is 2. The van der Waals surface area contributed by atoms with Gasteiger partial charge >= 0.3 is 0 Å². The van der Waals surface area contributed by atoms with Gasteiger partial charge in [-0.2, -0.15) is 0 Å². The van der Waals surface area contributed by atoms with Gasteiger partial charge in [-0.25, -0.2) is 13.6 Å². The SMILES string of the molecule is CN1C(=O)C[C@@H](C(=O)NCCc2ccc(S(N)(=O)=O)cc2)[C@@H]1c1ccccc1. The highest BCUT2D eigenvalue weighted by molar-refractivity contribution is 7.89. The molecule has 0 spiro atoms. The molecule has 0 radical (unpaired) electrons. The largest absolute Gasteiger partial charge is 0.355 e. The first-order valence-corrected chi connectivity index (χ1v) is 10.5. The summed E-state index contributed by atoms with van der Waals surface area (Å²) >= 11 is 0. The van der Waals surface area contributed by atoms with E-state index in [1.54, 1.807) is 24.1 Å². The van der Waals surface area contributed by atoms with Gasteiger partial charge in [0.25, 0.3) is 0 Å². The molecule has 2 aromatic rings. The molecule has 2 amide bonds. The minimum absolute atomic E-state index is 0.0485. The molecule has 2 atom stereocenters. The van der Waals surface area contributed by atoms with Gasteiger partial charge in [0.1, 0.15) is 0 Å². The van der Waals surface area contributed by atoms with E-state index < -0.39 is 15.9 Å². The Morgan fingerprint density at radius 1 is 1.14 bits per heavy atom. The van der Waals surface area contributed by atoms with Crippen molar-refractivity contribution in [1.29, 1.82) is 0 Å². The van der Waals surface area contributed by atoms with E-state index in [0.717, 1.165) is 11.1 Å². The van der Waals surface area contributed by atoms with Gasteiger partial charge in [0.05, 0.1) is 16.9 Å². The fourth-order valence-corrected chi connectivity index (χ4v) is 4.03. The third-order valence-corrected chi connectivity index (χ3v) is 5.96. The van der Waals surface area contributed by atoms with Crippen molar-refractivity contribution in [1.82, 2.24) is 10.2 Å². The first kappa shape index (κ1) is 20.0. The number of nitrogens with one attached hydrogen (secondary N) is 1. The Morgan fingerprint density at radius 2 is 1.79 bits per heavy atom. The Morgan fingerprint density at radius 3 is 2.39 bits per heavy atom. The lowest BCUT2D eigenvalue weighted by molar-refractivity contribution is -0.128. The highest BCUT2D eigenvalue weighted by atomic mass is 32.2. The average molecular weight is 401 g/mol. The van der Waals surface area contributed by atoms with Crippen LogP contribution in [0.15, 0.2) is 59.5 Å². The van der Waals surface area contributed by atoms with Crippen molar-refractivity contribution in [3.8, 4) is 0 Å². The molecule has 0 aliphatic carbocycles. The van der Waals surface area contributed by atoms with Crippen LogP contribution in [0.1, 0.15) is 23.6 Å². The third-order valence-electron chi connectivity index (χ3n) is 5.03. The summed E-state index contributed by atoms with van der Waals surface area (Å²) in [7, 11) is -1.99. The van der Waals surface area contributed by atoms with Crippen LogP contribution in [0.3, 0.4) is 0 Å². The summed E-state index contributed by atoms with van der Waals surface area (Å²) in [5.41, 5.74) is 1.82. The standard InChI is InChI=1S/C20H23N3O4S/c1-23-18(24)13-17(19(23)15-5-3-2-4-6-15)20(25)22-12-11-14-7-9-16(10-8-14)28(21,26)27/h2-10,17,19H,11-13H2,1H3,(H,22,25)(H2,21,26,27)/t17-,19+/m1/s1. The highest BCUT2D eigenvalue weighted by Crippen LogP contribution is 2.36. The van der Waals surface area contributed by atoms with Crippen molar-refractivity contribution in [3.63, 3.8) is 0 Å². The van der Waals surface area contributed by atoms with Gasteiger partial charge in [-0.15, -0.1) is 0 Å². The number of nitrogens with zero attached hydrogens (tertiary/aromatic N) is 1. The molecular weight excluding hydrogens is 378 g/mol. The molecule has 3 N–H and O–H groups in total. The number of hydrogen-bond acceptors (Lipinski definition) is 4. The van der Waals surface area contributed by atoms with E-state index >= 15 is 0 Å². The van der Waals surface area contributed by atoms with E-state index in [0.29, 0.717) is 13.0 Å². The molecule has 1 saturated heterocycles. The van der Waals surface area contributed by atoms with Crippen LogP contribution < -0.4 is 10.5 Å². The number of benzene rings is 2. The van der Waals surface area contributed by atoms with Crippen molar-refractivity contribution in [3.05, 3.63) is 65.7 Å². The Labute approximate surface area is 164 Å². The topological polar surface area (TPSA) is 110 Å². The Kier molecular flexibility index (Phi) is 5.81. The zero-order valence-electron chi connectivity index (χ0n) is 15.5. The van der Waals surface area contributed by atoms with Crippen molar-refractivity contribution < 1.29 is 18.0 Å².